The zero-order valence-corrected chi connectivity index (χ0v) is 9.82. The summed E-state index contributed by atoms with van der Waals surface area (Å²) in [6.45, 7) is 1.01. The third kappa shape index (κ3) is 1.94. The Morgan fingerprint density at radius 3 is 2.94 bits per heavy atom. The highest BCUT2D eigenvalue weighted by atomic mass is 35.5. The van der Waals surface area contributed by atoms with E-state index < -0.39 is 0 Å². The molecule has 1 fully saturated rings. The molecule has 2 aliphatic rings. The largest absolute Gasteiger partial charge is 0.370 e. The van der Waals surface area contributed by atoms with Gasteiger partial charge in [0, 0.05) is 6.54 Å². The molecule has 3 unspecified atom stereocenters. The molecule has 0 spiro atoms. The van der Waals surface area contributed by atoms with Gasteiger partial charge in [-0.2, -0.15) is 0 Å². The van der Waals surface area contributed by atoms with E-state index in [1.54, 1.807) is 6.07 Å². The molecule has 2 bridgehead atoms. The molecule has 3 heteroatoms. The Bertz CT molecular complexity index is 416. The molecule has 0 radical (unpaired) electrons. The smallest absolute Gasteiger partial charge is 0.131 e. The monoisotopic (exact) mass is 234 g/mol. The number of nitrogens with one attached hydrogen (secondary N) is 1. The average Bonchev–Trinajstić information content (AvgIpc) is 2.88. The quantitative estimate of drug-likeness (QED) is 0.641. The molecular weight excluding hydrogens is 220 g/mol. The second-order valence-corrected chi connectivity index (χ2v) is 5.15. The summed E-state index contributed by atoms with van der Waals surface area (Å²) in [6, 6.07) is 5.69. The summed E-state index contributed by atoms with van der Waals surface area (Å²) in [7, 11) is 0. The van der Waals surface area contributed by atoms with Crippen molar-refractivity contribution in [2.24, 2.45) is 17.8 Å². The summed E-state index contributed by atoms with van der Waals surface area (Å²) in [5, 5.41) is 3.94. The number of hydrogen-bond acceptors (Lipinski definition) is 2. The Balaban J connectivity index is 1.59. The van der Waals surface area contributed by atoms with Crippen molar-refractivity contribution in [3.05, 3.63) is 35.5 Å². The van der Waals surface area contributed by atoms with Gasteiger partial charge in [-0.3, -0.25) is 0 Å². The van der Waals surface area contributed by atoms with Crippen molar-refractivity contribution >= 4 is 17.4 Å². The van der Waals surface area contributed by atoms with Crippen molar-refractivity contribution in [2.75, 3.05) is 11.9 Å². The predicted molar refractivity (Wildman–Crippen MR) is 66.6 cm³/mol. The van der Waals surface area contributed by atoms with Crippen molar-refractivity contribution < 1.29 is 0 Å². The van der Waals surface area contributed by atoms with E-state index in [-0.39, 0.29) is 0 Å². The maximum absolute atomic E-state index is 5.84. The second kappa shape index (κ2) is 4.10. The lowest BCUT2D eigenvalue weighted by atomic mass is 9.94. The molecule has 0 aromatic carbocycles. The standard InChI is InChI=1S/C13H15ClN2/c14-12-2-1-3-13(16-12)15-8-11-7-9-4-5-10(11)6-9/h1-5,9-11H,6-8H2,(H,15,16). The number of nitrogens with zero attached hydrogens (tertiary/aromatic N) is 1. The van der Waals surface area contributed by atoms with Crippen molar-refractivity contribution in [1.29, 1.82) is 0 Å². The lowest BCUT2D eigenvalue weighted by Crippen LogP contribution is -2.18. The Kier molecular flexibility index (Phi) is 2.60. The van der Waals surface area contributed by atoms with E-state index in [4.69, 9.17) is 11.6 Å². The summed E-state index contributed by atoms with van der Waals surface area (Å²) in [4.78, 5) is 4.23. The zero-order chi connectivity index (χ0) is 11.0. The first-order chi connectivity index (χ1) is 7.81. The molecule has 16 heavy (non-hydrogen) atoms. The Morgan fingerprint density at radius 2 is 2.25 bits per heavy atom. The normalized spacial score (nSPS) is 30.9. The minimum atomic E-state index is 0.554. The van der Waals surface area contributed by atoms with Crippen molar-refractivity contribution in [3.63, 3.8) is 0 Å². The number of anilines is 1. The third-order valence-electron chi connectivity index (χ3n) is 3.68. The maximum Gasteiger partial charge on any atom is 0.131 e. The molecule has 1 heterocycles. The lowest BCUT2D eigenvalue weighted by Gasteiger charge is -2.18. The number of fused-ring (bicyclic) bond motifs is 2. The van der Waals surface area contributed by atoms with Gasteiger partial charge in [-0.05, 0) is 42.7 Å². The molecule has 84 valence electrons. The van der Waals surface area contributed by atoms with Crippen LogP contribution in [0.15, 0.2) is 30.4 Å². The van der Waals surface area contributed by atoms with Crippen LogP contribution < -0.4 is 5.32 Å². The summed E-state index contributed by atoms with van der Waals surface area (Å²) < 4.78 is 0. The molecule has 2 aliphatic carbocycles. The van der Waals surface area contributed by atoms with Crippen LogP contribution in [0.25, 0.3) is 0 Å². The number of rotatable bonds is 3. The molecule has 1 N–H and O–H groups in total. The summed E-state index contributed by atoms with van der Waals surface area (Å²) in [6.07, 6.45) is 7.44. The summed E-state index contributed by atoms with van der Waals surface area (Å²) in [5.41, 5.74) is 0. The SMILES string of the molecule is Clc1cccc(NCC2CC3C=CC2C3)n1. The minimum absolute atomic E-state index is 0.554. The first-order valence-electron chi connectivity index (χ1n) is 5.86. The fourth-order valence-electron chi connectivity index (χ4n) is 2.87. The van der Waals surface area contributed by atoms with Gasteiger partial charge in [-0.25, -0.2) is 4.98 Å². The number of pyridine rings is 1. The minimum Gasteiger partial charge on any atom is -0.370 e. The molecule has 0 amide bonds. The van der Waals surface area contributed by atoms with Crippen molar-refractivity contribution in [1.82, 2.24) is 4.98 Å². The first-order valence-corrected chi connectivity index (χ1v) is 6.24. The summed E-state index contributed by atoms with van der Waals surface area (Å²) in [5.74, 6) is 3.29. The van der Waals surface area contributed by atoms with E-state index in [9.17, 15) is 0 Å². The van der Waals surface area contributed by atoms with Gasteiger partial charge in [0.1, 0.15) is 11.0 Å². The van der Waals surface area contributed by atoms with Crippen molar-refractivity contribution in [3.8, 4) is 0 Å². The molecule has 0 saturated heterocycles. The van der Waals surface area contributed by atoms with Gasteiger partial charge >= 0.3 is 0 Å². The van der Waals surface area contributed by atoms with Gasteiger partial charge in [0.2, 0.25) is 0 Å². The molecule has 3 atom stereocenters. The molecule has 3 rings (SSSR count). The van der Waals surface area contributed by atoms with Crippen LogP contribution in [0.3, 0.4) is 0 Å². The predicted octanol–water partition coefficient (Wildman–Crippen LogP) is 3.36. The number of allylic oxidation sites excluding steroid dienone is 2. The maximum atomic E-state index is 5.84. The van der Waals surface area contributed by atoms with Gasteiger partial charge in [-0.1, -0.05) is 29.8 Å². The Morgan fingerprint density at radius 1 is 1.31 bits per heavy atom. The molecule has 2 nitrogen and oxygen atoms in total. The highest BCUT2D eigenvalue weighted by molar-refractivity contribution is 6.29. The van der Waals surface area contributed by atoms with E-state index in [1.807, 2.05) is 12.1 Å². The van der Waals surface area contributed by atoms with E-state index in [0.29, 0.717) is 5.15 Å². The van der Waals surface area contributed by atoms with Crippen LogP contribution in [-0.4, -0.2) is 11.5 Å². The van der Waals surface area contributed by atoms with E-state index in [0.717, 1.165) is 30.1 Å². The third-order valence-corrected chi connectivity index (χ3v) is 3.89. The second-order valence-electron chi connectivity index (χ2n) is 4.77. The highest BCUT2D eigenvalue weighted by Gasteiger charge is 2.35. The molecule has 0 aliphatic heterocycles. The van der Waals surface area contributed by atoms with E-state index in [1.165, 1.54) is 12.8 Å². The van der Waals surface area contributed by atoms with Gasteiger partial charge in [0.15, 0.2) is 0 Å². The van der Waals surface area contributed by atoms with Gasteiger partial charge in [0.25, 0.3) is 0 Å². The number of halogens is 1. The first kappa shape index (κ1) is 10.2. The van der Waals surface area contributed by atoms with Crippen LogP contribution >= 0.6 is 11.6 Å². The molecular formula is C13H15ClN2. The van der Waals surface area contributed by atoms with Crippen LogP contribution in [0.5, 0.6) is 0 Å². The Hall–Kier alpha value is -1.02. The fraction of sp³-hybridized carbons (Fsp3) is 0.462. The van der Waals surface area contributed by atoms with Crippen molar-refractivity contribution in [2.45, 2.75) is 12.8 Å². The van der Waals surface area contributed by atoms with Crippen LogP contribution in [0.4, 0.5) is 5.82 Å². The lowest BCUT2D eigenvalue weighted by molar-refractivity contribution is 0.471. The van der Waals surface area contributed by atoms with Crippen LogP contribution in [0, 0.1) is 17.8 Å². The van der Waals surface area contributed by atoms with E-state index in [2.05, 4.69) is 22.5 Å². The van der Waals surface area contributed by atoms with Crippen LogP contribution in [0.1, 0.15) is 12.8 Å². The molecule has 1 aromatic heterocycles. The average molecular weight is 235 g/mol. The van der Waals surface area contributed by atoms with Gasteiger partial charge in [0.05, 0.1) is 0 Å². The Labute approximate surface area is 101 Å². The van der Waals surface area contributed by atoms with Gasteiger partial charge in [-0.15, -0.1) is 0 Å². The van der Waals surface area contributed by atoms with Crippen LogP contribution in [-0.2, 0) is 0 Å². The molecule has 1 aromatic rings. The fourth-order valence-corrected chi connectivity index (χ4v) is 3.04. The summed E-state index contributed by atoms with van der Waals surface area (Å²) >= 11 is 5.84. The topological polar surface area (TPSA) is 24.9 Å². The zero-order valence-electron chi connectivity index (χ0n) is 9.07. The highest BCUT2D eigenvalue weighted by Crippen LogP contribution is 2.43. The van der Waals surface area contributed by atoms with Crippen LogP contribution in [0.2, 0.25) is 5.15 Å². The molecule has 1 saturated carbocycles. The van der Waals surface area contributed by atoms with E-state index >= 15 is 0 Å². The number of aromatic nitrogens is 1. The number of hydrogen-bond donors (Lipinski definition) is 1. The van der Waals surface area contributed by atoms with Gasteiger partial charge < -0.3 is 5.32 Å².